The first kappa shape index (κ1) is 38.1. The number of carbonyl (C=O) groups excluding carboxylic acids is 4. The second-order valence-electron chi connectivity index (χ2n) is 17.8. The van der Waals surface area contributed by atoms with Crippen LogP contribution in [0.4, 0.5) is 4.79 Å². The highest BCUT2D eigenvalue weighted by Gasteiger charge is 2.83. The van der Waals surface area contributed by atoms with Gasteiger partial charge in [-0.1, -0.05) is 45.3 Å². The Labute approximate surface area is 333 Å². The topological polar surface area (TPSA) is 173 Å². The molecule has 2 spiro atoms. The molecule has 306 valence electrons. The normalized spacial score (nSPS) is 31.8. The molecule has 14 nitrogen and oxygen atoms in total. The zero-order valence-electron chi connectivity index (χ0n) is 33.0. The van der Waals surface area contributed by atoms with Crippen LogP contribution >= 0.6 is 0 Å². The molecule has 7 aliphatic rings. The number of hydrogen-bond acceptors (Lipinski definition) is 10. The first-order chi connectivity index (χ1) is 27.3. The van der Waals surface area contributed by atoms with Crippen molar-refractivity contribution in [1.82, 2.24) is 24.8 Å². The number of ether oxygens (including phenoxy) is 3. The maximum Gasteiger partial charge on any atom is 0.407 e. The van der Waals surface area contributed by atoms with E-state index < -0.39 is 61.9 Å². The Bertz CT molecular complexity index is 2170. The lowest BCUT2D eigenvalue weighted by Gasteiger charge is -2.39. The van der Waals surface area contributed by atoms with Gasteiger partial charge in [0, 0.05) is 29.2 Å². The largest absolute Gasteiger partial charge is 0.497 e. The number of amides is 4. The maximum absolute atomic E-state index is 14.9. The Kier molecular flexibility index (Phi) is 9.28. The van der Waals surface area contributed by atoms with Crippen LogP contribution in [0.15, 0.2) is 30.4 Å². The zero-order chi connectivity index (χ0) is 39.9. The van der Waals surface area contributed by atoms with Crippen molar-refractivity contribution in [3.05, 3.63) is 41.6 Å². The van der Waals surface area contributed by atoms with Gasteiger partial charge in [-0.2, -0.15) is 0 Å². The number of aryl methyl sites for hydroxylation is 1. The van der Waals surface area contributed by atoms with Gasteiger partial charge in [-0.3, -0.25) is 14.4 Å². The molecule has 9 rings (SSSR count). The summed E-state index contributed by atoms with van der Waals surface area (Å²) in [4.78, 5) is 62.5. The summed E-state index contributed by atoms with van der Waals surface area (Å²) < 4.78 is 45.2. The van der Waals surface area contributed by atoms with Gasteiger partial charge in [-0.05, 0) is 88.3 Å². The van der Waals surface area contributed by atoms with Crippen LogP contribution in [0.2, 0.25) is 0 Å². The van der Waals surface area contributed by atoms with E-state index in [4.69, 9.17) is 19.2 Å². The Morgan fingerprint density at radius 3 is 2.58 bits per heavy atom. The number of rotatable bonds is 6. The SMILES string of the molecule is COc1ccc2nc(C3CCC3)c3c(c2c1)CC[C@]1(C[C@H]2C(=O)N[C@]4(C(=O)N5C6(CC6)S5(=O)=O)C[C@H]4/C=C\CCCCC[C@H](NC(=O)OCC(C)C)C(=O)N2C1)O3. The van der Waals surface area contributed by atoms with Crippen LogP contribution in [-0.2, 0) is 35.6 Å². The molecule has 5 atom stereocenters. The van der Waals surface area contributed by atoms with Crippen molar-refractivity contribution in [2.45, 2.75) is 138 Å². The molecule has 15 heteroatoms. The van der Waals surface area contributed by atoms with Gasteiger partial charge in [0.15, 0.2) is 4.87 Å². The van der Waals surface area contributed by atoms with Crippen molar-refractivity contribution in [1.29, 1.82) is 0 Å². The van der Waals surface area contributed by atoms with Crippen LogP contribution < -0.4 is 20.1 Å². The standard InChI is InChI=1S/C42H53N5O9S/c1-25(2)23-55-39(51)44-32-13-8-6-4-5-7-12-27-21-42(27,38(50)47-41(18-19-41)57(47,52)53)45-36(48)33-22-40(24-46(33)37(32)49)17-16-29-30-20-28(54-3)14-15-31(30)43-34(35(29)56-40)26-10-9-11-26/h7,12,14-15,20,25-27,32-33H,4-6,8-11,13,16-19,21-24H2,1-3H3,(H,44,51)(H,45,48)/b12-7-/t27-,32+,33+,40-,42-,47?/m1/s1. The van der Waals surface area contributed by atoms with Gasteiger partial charge in [0.25, 0.3) is 15.9 Å². The number of allylic oxidation sites excluding steroid dienone is 1. The molecule has 4 amide bonds. The van der Waals surface area contributed by atoms with Crippen LogP contribution in [0, 0.1) is 11.8 Å². The molecule has 5 fully saturated rings. The quantitative estimate of drug-likeness (QED) is 0.300. The fraction of sp³-hybridized carbons (Fsp3) is 0.643. The van der Waals surface area contributed by atoms with E-state index in [2.05, 4.69) is 10.6 Å². The van der Waals surface area contributed by atoms with E-state index in [1.54, 1.807) is 7.11 Å². The third kappa shape index (κ3) is 6.42. The van der Waals surface area contributed by atoms with E-state index in [1.165, 1.54) is 4.90 Å². The van der Waals surface area contributed by atoms with Crippen molar-refractivity contribution in [3.63, 3.8) is 0 Å². The molecule has 3 saturated carbocycles. The van der Waals surface area contributed by atoms with E-state index in [0.717, 1.165) is 65.0 Å². The first-order valence-electron chi connectivity index (χ1n) is 20.8. The summed E-state index contributed by atoms with van der Waals surface area (Å²) in [5.41, 5.74) is 0.394. The van der Waals surface area contributed by atoms with Crippen molar-refractivity contribution in [3.8, 4) is 11.5 Å². The minimum atomic E-state index is -3.74. The van der Waals surface area contributed by atoms with Crippen molar-refractivity contribution in [2.75, 3.05) is 20.3 Å². The number of nitrogens with one attached hydrogen (secondary N) is 2. The van der Waals surface area contributed by atoms with Crippen LogP contribution in [0.25, 0.3) is 10.9 Å². The Morgan fingerprint density at radius 1 is 1.07 bits per heavy atom. The Morgan fingerprint density at radius 2 is 1.88 bits per heavy atom. The Balaban J connectivity index is 1.08. The summed E-state index contributed by atoms with van der Waals surface area (Å²) in [5, 5.41) is 6.80. The maximum atomic E-state index is 14.9. The lowest BCUT2D eigenvalue weighted by molar-refractivity contribution is -0.141. The highest BCUT2D eigenvalue weighted by Crippen LogP contribution is 2.64. The predicted molar refractivity (Wildman–Crippen MR) is 209 cm³/mol. The average Bonchev–Trinajstić information content (AvgIpc) is 4.11. The van der Waals surface area contributed by atoms with Crippen molar-refractivity contribution < 1.29 is 41.8 Å². The number of carbonyl (C=O) groups is 4. The van der Waals surface area contributed by atoms with Crippen molar-refractivity contribution >= 4 is 44.7 Å². The summed E-state index contributed by atoms with van der Waals surface area (Å²) in [6.07, 6.45) is 12.0. The van der Waals surface area contributed by atoms with E-state index in [0.29, 0.717) is 50.0 Å². The molecule has 4 aliphatic heterocycles. The number of hydrogen-bond donors (Lipinski definition) is 2. The molecule has 2 N–H and O–H groups in total. The van der Waals surface area contributed by atoms with Crippen LogP contribution in [-0.4, -0.2) is 94.8 Å². The molecule has 1 aromatic heterocycles. The molecule has 2 saturated heterocycles. The van der Waals surface area contributed by atoms with Gasteiger partial charge in [-0.15, -0.1) is 0 Å². The molecule has 5 heterocycles. The van der Waals surface area contributed by atoms with Gasteiger partial charge >= 0.3 is 6.09 Å². The molecule has 3 aliphatic carbocycles. The fourth-order valence-corrected chi connectivity index (χ4v) is 11.7. The van der Waals surface area contributed by atoms with E-state index >= 15 is 0 Å². The number of aromatic nitrogens is 1. The highest BCUT2D eigenvalue weighted by molar-refractivity contribution is 7.98. The summed E-state index contributed by atoms with van der Waals surface area (Å²) in [5.74, 6) is -0.204. The third-order valence-corrected chi connectivity index (χ3v) is 15.8. The summed E-state index contributed by atoms with van der Waals surface area (Å²) >= 11 is 0. The molecule has 0 unspecified atom stereocenters. The number of pyridine rings is 1. The summed E-state index contributed by atoms with van der Waals surface area (Å²) in [6.45, 7) is 4.13. The minimum absolute atomic E-state index is 0.0801. The van der Waals surface area contributed by atoms with E-state index in [1.807, 2.05) is 44.2 Å². The number of sulfonamides is 1. The molecule has 2 aromatic rings. The van der Waals surface area contributed by atoms with Gasteiger partial charge in [0.2, 0.25) is 11.8 Å². The number of methoxy groups -OCH3 is 1. The van der Waals surface area contributed by atoms with E-state index in [-0.39, 0.29) is 43.7 Å². The second kappa shape index (κ2) is 13.9. The summed E-state index contributed by atoms with van der Waals surface area (Å²) in [7, 11) is -2.11. The lowest BCUT2D eigenvalue weighted by atomic mass is 9.79. The predicted octanol–water partition coefficient (Wildman–Crippen LogP) is 4.98. The fourth-order valence-electron chi connectivity index (χ4n) is 9.61. The smallest absolute Gasteiger partial charge is 0.407 e. The molecule has 0 bridgehead atoms. The lowest BCUT2D eigenvalue weighted by Crippen LogP contribution is -2.57. The first-order valence-corrected chi connectivity index (χ1v) is 22.3. The second-order valence-corrected chi connectivity index (χ2v) is 19.9. The third-order valence-electron chi connectivity index (χ3n) is 13.4. The van der Waals surface area contributed by atoms with Gasteiger partial charge in [0.05, 0.1) is 31.5 Å². The molecule has 0 radical (unpaired) electrons. The Hall–Kier alpha value is -4.40. The number of nitrogens with zero attached hydrogens (tertiary/aromatic N) is 3. The van der Waals surface area contributed by atoms with Crippen LogP contribution in [0.1, 0.15) is 114 Å². The average molecular weight is 804 g/mol. The number of fused-ring (bicyclic) bond motifs is 5. The molecule has 1 aromatic carbocycles. The van der Waals surface area contributed by atoms with Crippen LogP contribution in [0.5, 0.6) is 11.5 Å². The highest BCUT2D eigenvalue weighted by atomic mass is 32.2. The monoisotopic (exact) mass is 803 g/mol. The number of benzene rings is 1. The number of alkyl carbamates (subject to hydrolysis) is 1. The van der Waals surface area contributed by atoms with Gasteiger partial charge < -0.3 is 29.7 Å². The van der Waals surface area contributed by atoms with Crippen LogP contribution in [0.3, 0.4) is 0 Å². The molecule has 57 heavy (non-hydrogen) atoms. The van der Waals surface area contributed by atoms with Gasteiger partial charge in [-0.25, -0.2) is 22.5 Å². The van der Waals surface area contributed by atoms with Gasteiger partial charge in [0.1, 0.15) is 34.7 Å². The van der Waals surface area contributed by atoms with E-state index in [9.17, 15) is 27.6 Å². The molecular weight excluding hydrogens is 751 g/mol. The van der Waals surface area contributed by atoms with Crippen molar-refractivity contribution in [2.24, 2.45) is 11.8 Å². The molecular formula is C42H53N5O9S. The summed E-state index contributed by atoms with van der Waals surface area (Å²) in [6, 6.07) is 3.84. The minimum Gasteiger partial charge on any atom is -0.497 e. The zero-order valence-corrected chi connectivity index (χ0v) is 33.8.